The predicted octanol–water partition coefficient (Wildman–Crippen LogP) is 5.17. The van der Waals surface area contributed by atoms with Gasteiger partial charge in [0.25, 0.3) is 0 Å². The lowest BCUT2D eigenvalue weighted by atomic mass is 9.71. The molecule has 14 nitrogen and oxygen atoms in total. The number of imidazole rings is 2. The van der Waals surface area contributed by atoms with Gasteiger partial charge < -0.3 is 29.5 Å². The lowest BCUT2D eigenvalue weighted by molar-refractivity contribution is 0.0499. The number of nitrogens with zero attached hydrogens (tertiary/aromatic N) is 5. The van der Waals surface area contributed by atoms with Gasteiger partial charge in [0.2, 0.25) is 0 Å². The van der Waals surface area contributed by atoms with Gasteiger partial charge in [0.15, 0.2) is 0 Å². The molecule has 1 aliphatic carbocycles. The molecule has 258 valence electrons. The quantitative estimate of drug-likeness (QED) is 0.0780. The molecule has 50 heavy (non-hydrogen) atoms. The van der Waals surface area contributed by atoms with Gasteiger partial charge in [-0.2, -0.15) is 0 Å². The van der Waals surface area contributed by atoms with Crippen LogP contribution in [0.25, 0.3) is 10.4 Å². The smallest absolute Gasteiger partial charge is 0.407 e. The molecule has 5 aromatic rings. The molecule has 3 aromatic carbocycles. The molecule has 0 bridgehead atoms. The molecule has 2 heterocycles. The minimum Gasteiger partial charge on any atom is -0.445 e. The normalized spacial score (nSPS) is 16.7. The van der Waals surface area contributed by atoms with Crippen LogP contribution in [0.1, 0.15) is 39.7 Å². The van der Waals surface area contributed by atoms with E-state index in [2.05, 4.69) is 25.3 Å². The lowest BCUT2D eigenvalue weighted by Crippen LogP contribution is -2.41. The van der Waals surface area contributed by atoms with Gasteiger partial charge in [-0.3, -0.25) is 9.13 Å². The number of fused-ring (bicyclic) bond motifs is 1. The van der Waals surface area contributed by atoms with Crippen LogP contribution in [0, 0.1) is 11.8 Å². The number of aromatic amines is 2. The van der Waals surface area contributed by atoms with Gasteiger partial charge in [-0.05, 0) is 40.5 Å². The average molecular weight is 679 g/mol. The summed E-state index contributed by atoms with van der Waals surface area (Å²) in [6.45, 7) is 0.717. The first-order valence-corrected chi connectivity index (χ1v) is 16.3. The first-order valence-electron chi connectivity index (χ1n) is 16.3. The largest absolute Gasteiger partial charge is 0.445 e. The van der Waals surface area contributed by atoms with E-state index in [1.807, 2.05) is 91.0 Å². The number of rotatable bonds is 15. The highest BCUT2D eigenvalue weighted by Crippen LogP contribution is 2.43. The highest BCUT2D eigenvalue weighted by atomic mass is 16.5. The number of hydrogen-bond donors (Lipinski definition) is 3. The van der Waals surface area contributed by atoms with Gasteiger partial charge in [0.1, 0.15) is 20.1 Å². The molecule has 0 saturated carbocycles. The second-order valence-electron chi connectivity index (χ2n) is 12.1. The van der Waals surface area contributed by atoms with Crippen LogP contribution in [0.3, 0.4) is 0 Å². The second-order valence-corrected chi connectivity index (χ2v) is 12.1. The lowest BCUT2D eigenvalue weighted by Gasteiger charge is -2.38. The zero-order valence-corrected chi connectivity index (χ0v) is 27.3. The zero-order chi connectivity index (χ0) is 34.7. The molecule has 2 aromatic heterocycles. The van der Waals surface area contributed by atoms with E-state index in [0.717, 1.165) is 16.7 Å². The van der Waals surface area contributed by atoms with Crippen molar-refractivity contribution in [2.45, 2.75) is 45.6 Å². The number of carbonyl (C=O) groups excluding carboxylic acids is 1. The molecular formula is C36H38N8O6. The van der Waals surface area contributed by atoms with E-state index in [0.29, 0.717) is 23.5 Å². The molecule has 0 spiro atoms. The van der Waals surface area contributed by atoms with Crippen molar-refractivity contribution in [1.82, 2.24) is 24.4 Å². The predicted molar refractivity (Wildman–Crippen MR) is 184 cm³/mol. The Bertz CT molecular complexity index is 2020. The molecule has 14 heteroatoms. The third-order valence-corrected chi connectivity index (χ3v) is 8.85. The van der Waals surface area contributed by atoms with Crippen molar-refractivity contribution >= 4 is 6.09 Å². The van der Waals surface area contributed by atoms with Crippen molar-refractivity contribution in [3.63, 3.8) is 0 Å². The Morgan fingerprint density at radius 2 is 1.44 bits per heavy atom. The molecule has 3 atom stereocenters. The van der Waals surface area contributed by atoms with Gasteiger partial charge in [-0.15, -0.1) is 0 Å². The number of hydrogen-bond acceptors (Lipinski definition) is 7. The maximum Gasteiger partial charge on any atom is 0.407 e. The van der Waals surface area contributed by atoms with Crippen molar-refractivity contribution in [2.24, 2.45) is 17.0 Å². The van der Waals surface area contributed by atoms with Crippen molar-refractivity contribution in [1.29, 1.82) is 0 Å². The van der Waals surface area contributed by atoms with Crippen LogP contribution in [0.2, 0.25) is 0 Å². The number of azide groups is 1. The van der Waals surface area contributed by atoms with E-state index >= 15 is 0 Å². The summed E-state index contributed by atoms with van der Waals surface area (Å²) < 4.78 is 20.8. The number of benzene rings is 3. The monoisotopic (exact) mass is 678 g/mol. The summed E-state index contributed by atoms with van der Waals surface area (Å²) in [5.41, 5.74) is 13.1. The van der Waals surface area contributed by atoms with Gasteiger partial charge in [-0.25, -0.2) is 14.4 Å². The molecule has 1 amide bonds. The number of nitrogens with one attached hydrogen (secondary N) is 3. The van der Waals surface area contributed by atoms with Crippen LogP contribution in [-0.2, 0) is 53.9 Å². The Balaban J connectivity index is 1.34. The van der Waals surface area contributed by atoms with Crippen molar-refractivity contribution in [3.05, 3.63) is 162 Å². The van der Waals surface area contributed by atoms with Crippen LogP contribution in [0.15, 0.2) is 112 Å². The van der Waals surface area contributed by atoms with Crippen molar-refractivity contribution in [2.75, 3.05) is 13.1 Å². The zero-order valence-electron chi connectivity index (χ0n) is 27.3. The average Bonchev–Trinajstić information content (AvgIpc) is 3.69. The van der Waals surface area contributed by atoms with E-state index in [1.54, 1.807) is 15.3 Å². The summed E-state index contributed by atoms with van der Waals surface area (Å²) in [6, 6.07) is 28.6. The molecule has 1 aliphatic rings. The Morgan fingerprint density at radius 1 is 0.860 bits per heavy atom. The fourth-order valence-corrected chi connectivity index (χ4v) is 6.50. The molecule has 3 N–H and O–H groups in total. The van der Waals surface area contributed by atoms with Gasteiger partial charge in [0, 0.05) is 41.5 Å². The van der Waals surface area contributed by atoms with E-state index in [4.69, 9.17) is 14.2 Å². The van der Waals surface area contributed by atoms with Crippen LogP contribution in [-0.4, -0.2) is 38.3 Å². The van der Waals surface area contributed by atoms with E-state index < -0.39 is 23.6 Å². The number of alkyl carbamates (subject to hydrolysis) is 1. The van der Waals surface area contributed by atoms with E-state index in [9.17, 15) is 19.9 Å². The topological polar surface area (TPSA) is 181 Å². The van der Waals surface area contributed by atoms with Gasteiger partial charge in [0.05, 0.1) is 18.9 Å². The maximum atomic E-state index is 14.3. The summed E-state index contributed by atoms with van der Waals surface area (Å²) in [4.78, 5) is 48.1. The Morgan fingerprint density at radius 3 is 2.00 bits per heavy atom. The molecule has 0 saturated heterocycles. The minimum atomic E-state index is -0.612. The highest BCUT2D eigenvalue weighted by Gasteiger charge is 2.43. The third kappa shape index (κ3) is 8.24. The molecule has 0 fully saturated rings. The standard InChI is InChI=1S/C36H38N8O6/c37-42-40-18-29-28(17-39-35(46)50-22-27-14-8-3-9-15-27)16-31-33(32(29)30-19-38-34(45)41-30)44(24-49-21-26-12-6-2-7-13-26)36(47)43(31)23-48-20-25-10-4-1-5-11-25/h1-15,19,28-29,32H,16-18,20-24H2,(H,39,46)(H2,38,41,45)/t28-,29-,32-/m1/s1. The fourth-order valence-electron chi connectivity index (χ4n) is 6.50. The minimum absolute atomic E-state index is 0.0357. The van der Waals surface area contributed by atoms with Crippen molar-refractivity contribution < 1.29 is 19.0 Å². The summed E-state index contributed by atoms with van der Waals surface area (Å²) in [5, 5.41) is 6.80. The maximum absolute atomic E-state index is 14.3. The molecule has 6 rings (SSSR count). The summed E-state index contributed by atoms with van der Waals surface area (Å²) in [7, 11) is 0. The second kappa shape index (κ2) is 16.5. The number of carbonyl (C=O) groups is 1. The van der Waals surface area contributed by atoms with Crippen LogP contribution in [0.5, 0.6) is 0 Å². The van der Waals surface area contributed by atoms with Crippen LogP contribution < -0.4 is 16.7 Å². The number of H-pyrrole nitrogens is 2. The van der Waals surface area contributed by atoms with E-state index in [-0.39, 0.29) is 58.0 Å². The number of aromatic nitrogens is 4. The molecule has 0 aliphatic heterocycles. The molecule has 0 unspecified atom stereocenters. The highest BCUT2D eigenvalue weighted by molar-refractivity contribution is 5.67. The Labute approximate surface area is 287 Å². The first-order chi connectivity index (χ1) is 24.5. The van der Waals surface area contributed by atoms with Crippen LogP contribution >= 0.6 is 0 Å². The number of ether oxygens (including phenoxy) is 3. The summed E-state index contributed by atoms with van der Waals surface area (Å²) in [6.07, 6.45) is 1.29. The Kier molecular flexibility index (Phi) is 11.3. The van der Waals surface area contributed by atoms with Crippen molar-refractivity contribution in [3.8, 4) is 0 Å². The SMILES string of the molecule is [N-]=[N+]=NC[C@@H]1[C@@H](CNC(=O)OCc2ccccc2)Cc2c(n(COCc3ccccc3)c(=O)n2COCc2ccccc2)[C@H]1c1c[nH]c(=O)[nH]1. The van der Waals surface area contributed by atoms with Gasteiger partial charge in [-0.1, -0.05) is 96.1 Å². The summed E-state index contributed by atoms with van der Waals surface area (Å²) in [5.74, 6) is -1.37. The molecular weight excluding hydrogens is 640 g/mol. The third-order valence-electron chi connectivity index (χ3n) is 8.85. The van der Waals surface area contributed by atoms with Crippen LogP contribution in [0.4, 0.5) is 4.79 Å². The Hall–Kier alpha value is -5.82. The summed E-state index contributed by atoms with van der Waals surface area (Å²) >= 11 is 0. The van der Waals surface area contributed by atoms with Gasteiger partial charge >= 0.3 is 17.5 Å². The number of amides is 1. The fraction of sp³-hybridized carbons (Fsp3) is 0.306. The molecule has 0 radical (unpaired) electrons. The first kappa shape index (κ1) is 34.1. The van der Waals surface area contributed by atoms with E-state index in [1.165, 1.54) is 0 Å².